The second-order valence-electron chi connectivity index (χ2n) is 4.07. The number of nitrogens with zero attached hydrogens (tertiary/aromatic N) is 3. The van der Waals surface area contributed by atoms with Gasteiger partial charge in [-0.05, 0) is 31.0 Å². The van der Waals surface area contributed by atoms with E-state index in [1.165, 1.54) is 12.8 Å². The second kappa shape index (κ2) is 3.91. The molecule has 1 aliphatic heterocycles. The maximum absolute atomic E-state index is 5.92. The molecule has 2 heterocycles. The zero-order chi connectivity index (χ0) is 11.0. The van der Waals surface area contributed by atoms with Gasteiger partial charge in [0.1, 0.15) is 0 Å². The summed E-state index contributed by atoms with van der Waals surface area (Å²) < 4.78 is 0. The van der Waals surface area contributed by atoms with E-state index in [9.17, 15) is 0 Å². The van der Waals surface area contributed by atoms with Crippen LogP contribution in [-0.2, 0) is 0 Å². The van der Waals surface area contributed by atoms with Crippen LogP contribution in [0, 0.1) is 0 Å². The van der Waals surface area contributed by atoms with Gasteiger partial charge in [-0.1, -0.05) is 11.6 Å². The summed E-state index contributed by atoms with van der Waals surface area (Å²) in [7, 11) is 0. The van der Waals surface area contributed by atoms with E-state index in [1.54, 1.807) is 0 Å². The largest absolute Gasteiger partial charge is 0.341 e. The summed E-state index contributed by atoms with van der Waals surface area (Å²) in [6, 6.07) is 5.70. The average Bonchev–Trinajstić information content (AvgIpc) is 2.82. The molecule has 0 radical (unpaired) electrons. The predicted molar refractivity (Wildman–Crippen MR) is 66.0 cm³/mol. The summed E-state index contributed by atoms with van der Waals surface area (Å²) in [4.78, 5) is 11.2. The lowest BCUT2D eigenvalue weighted by Crippen LogP contribution is -2.20. The van der Waals surface area contributed by atoms with E-state index in [2.05, 4.69) is 14.9 Å². The zero-order valence-corrected chi connectivity index (χ0v) is 9.61. The lowest BCUT2D eigenvalue weighted by atomic mass is 10.2. The Morgan fingerprint density at radius 2 is 2.00 bits per heavy atom. The van der Waals surface area contributed by atoms with Crippen molar-refractivity contribution in [1.29, 1.82) is 0 Å². The first kappa shape index (κ1) is 9.85. The molecule has 16 heavy (non-hydrogen) atoms. The molecule has 0 bridgehead atoms. The van der Waals surface area contributed by atoms with E-state index in [-0.39, 0.29) is 0 Å². The van der Waals surface area contributed by atoms with Crippen LogP contribution in [0.4, 0.5) is 5.95 Å². The minimum Gasteiger partial charge on any atom is -0.341 e. The highest BCUT2D eigenvalue weighted by atomic mass is 35.5. The third-order valence-corrected chi connectivity index (χ3v) is 3.15. The highest BCUT2D eigenvalue weighted by Gasteiger charge is 2.14. The van der Waals surface area contributed by atoms with Gasteiger partial charge in [0.15, 0.2) is 0 Å². The van der Waals surface area contributed by atoms with Crippen LogP contribution >= 0.6 is 11.6 Å². The SMILES string of the molecule is Clc1ccc2nc(N3CCCC3)ncc2c1. The lowest BCUT2D eigenvalue weighted by molar-refractivity contribution is 0.907. The molecular weight excluding hydrogens is 222 g/mol. The molecule has 3 rings (SSSR count). The number of benzene rings is 1. The molecule has 0 saturated carbocycles. The normalized spacial score (nSPS) is 15.9. The maximum Gasteiger partial charge on any atom is 0.225 e. The van der Waals surface area contributed by atoms with Gasteiger partial charge in [0, 0.05) is 29.7 Å². The molecule has 0 spiro atoms. The Bertz CT molecular complexity index is 521. The third-order valence-electron chi connectivity index (χ3n) is 2.92. The minimum absolute atomic E-state index is 0.727. The van der Waals surface area contributed by atoms with Crippen LogP contribution in [0.25, 0.3) is 10.9 Å². The number of hydrogen-bond donors (Lipinski definition) is 0. The summed E-state index contributed by atoms with van der Waals surface area (Å²) in [5, 5.41) is 1.72. The van der Waals surface area contributed by atoms with E-state index in [1.807, 2.05) is 24.4 Å². The van der Waals surface area contributed by atoms with Gasteiger partial charge in [-0.3, -0.25) is 0 Å². The van der Waals surface area contributed by atoms with E-state index >= 15 is 0 Å². The van der Waals surface area contributed by atoms with Gasteiger partial charge < -0.3 is 4.90 Å². The fourth-order valence-electron chi connectivity index (χ4n) is 2.06. The van der Waals surface area contributed by atoms with Gasteiger partial charge >= 0.3 is 0 Å². The summed E-state index contributed by atoms with van der Waals surface area (Å²) in [5.41, 5.74) is 0.960. The smallest absolute Gasteiger partial charge is 0.225 e. The molecule has 4 heteroatoms. The van der Waals surface area contributed by atoms with Crippen molar-refractivity contribution >= 4 is 28.5 Å². The molecule has 1 aromatic heterocycles. The monoisotopic (exact) mass is 233 g/mol. The molecule has 3 nitrogen and oxygen atoms in total. The Balaban J connectivity index is 2.05. The van der Waals surface area contributed by atoms with Crippen molar-refractivity contribution in [2.45, 2.75) is 12.8 Å². The maximum atomic E-state index is 5.92. The van der Waals surface area contributed by atoms with Crippen LogP contribution in [-0.4, -0.2) is 23.1 Å². The Hall–Kier alpha value is -1.35. The van der Waals surface area contributed by atoms with Crippen LogP contribution in [0.2, 0.25) is 5.02 Å². The number of anilines is 1. The molecule has 1 aliphatic rings. The molecule has 0 N–H and O–H groups in total. The first-order valence-electron chi connectivity index (χ1n) is 5.50. The number of rotatable bonds is 1. The standard InChI is InChI=1S/C12H12ClN3/c13-10-3-4-11-9(7-10)8-14-12(15-11)16-5-1-2-6-16/h3-4,7-8H,1-2,5-6H2. The van der Waals surface area contributed by atoms with Crippen LogP contribution in [0.5, 0.6) is 0 Å². The minimum atomic E-state index is 0.727. The molecule has 0 aliphatic carbocycles. The summed E-state index contributed by atoms with van der Waals surface area (Å²) in [5.74, 6) is 0.840. The first-order valence-corrected chi connectivity index (χ1v) is 5.88. The Kier molecular flexibility index (Phi) is 2.40. The highest BCUT2D eigenvalue weighted by Crippen LogP contribution is 2.21. The molecule has 1 fully saturated rings. The molecule has 0 atom stereocenters. The lowest BCUT2D eigenvalue weighted by Gasteiger charge is -2.14. The molecule has 0 amide bonds. The summed E-state index contributed by atoms with van der Waals surface area (Å²) in [6.07, 6.45) is 4.33. The van der Waals surface area contributed by atoms with Crippen LogP contribution in [0.1, 0.15) is 12.8 Å². The Morgan fingerprint density at radius 3 is 2.81 bits per heavy atom. The van der Waals surface area contributed by atoms with Crippen molar-refractivity contribution in [1.82, 2.24) is 9.97 Å². The van der Waals surface area contributed by atoms with Crippen molar-refractivity contribution in [2.75, 3.05) is 18.0 Å². The molecule has 1 aromatic carbocycles. The fourth-order valence-corrected chi connectivity index (χ4v) is 2.24. The van der Waals surface area contributed by atoms with E-state index in [0.717, 1.165) is 35.0 Å². The van der Waals surface area contributed by atoms with Crippen molar-refractivity contribution in [3.05, 3.63) is 29.4 Å². The number of hydrogen-bond acceptors (Lipinski definition) is 3. The molecular formula is C12H12ClN3. The van der Waals surface area contributed by atoms with Crippen LogP contribution in [0.3, 0.4) is 0 Å². The van der Waals surface area contributed by atoms with Gasteiger partial charge in [-0.2, -0.15) is 0 Å². The first-order chi connectivity index (χ1) is 7.83. The average molecular weight is 234 g/mol. The predicted octanol–water partition coefficient (Wildman–Crippen LogP) is 2.88. The third kappa shape index (κ3) is 1.71. The van der Waals surface area contributed by atoms with Gasteiger partial charge in [-0.25, -0.2) is 9.97 Å². The number of fused-ring (bicyclic) bond motifs is 1. The zero-order valence-electron chi connectivity index (χ0n) is 8.86. The topological polar surface area (TPSA) is 29.0 Å². The van der Waals surface area contributed by atoms with E-state index in [4.69, 9.17) is 11.6 Å². The molecule has 1 saturated heterocycles. The molecule has 2 aromatic rings. The van der Waals surface area contributed by atoms with Crippen LogP contribution in [0.15, 0.2) is 24.4 Å². The van der Waals surface area contributed by atoms with Gasteiger partial charge in [0.2, 0.25) is 5.95 Å². The second-order valence-corrected chi connectivity index (χ2v) is 4.50. The van der Waals surface area contributed by atoms with Crippen LogP contribution < -0.4 is 4.90 Å². The van der Waals surface area contributed by atoms with Gasteiger partial charge in [-0.15, -0.1) is 0 Å². The van der Waals surface area contributed by atoms with Gasteiger partial charge in [0.05, 0.1) is 5.52 Å². The van der Waals surface area contributed by atoms with E-state index in [0.29, 0.717) is 0 Å². The summed E-state index contributed by atoms with van der Waals surface area (Å²) in [6.45, 7) is 2.14. The van der Waals surface area contributed by atoms with Crippen molar-refractivity contribution in [3.63, 3.8) is 0 Å². The molecule has 0 unspecified atom stereocenters. The quantitative estimate of drug-likeness (QED) is 0.759. The van der Waals surface area contributed by atoms with Crippen molar-refractivity contribution in [3.8, 4) is 0 Å². The Morgan fingerprint density at radius 1 is 1.19 bits per heavy atom. The molecule has 82 valence electrons. The fraction of sp³-hybridized carbons (Fsp3) is 0.333. The number of halogens is 1. The number of aromatic nitrogens is 2. The highest BCUT2D eigenvalue weighted by molar-refractivity contribution is 6.31. The van der Waals surface area contributed by atoms with E-state index < -0.39 is 0 Å². The van der Waals surface area contributed by atoms with Crippen molar-refractivity contribution < 1.29 is 0 Å². The Labute approximate surface area is 99.1 Å². The van der Waals surface area contributed by atoms with Gasteiger partial charge in [0.25, 0.3) is 0 Å². The summed E-state index contributed by atoms with van der Waals surface area (Å²) >= 11 is 5.92. The van der Waals surface area contributed by atoms with Crippen molar-refractivity contribution in [2.24, 2.45) is 0 Å².